The van der Waals surface area contributed by atoms with Crippen molar-refractivity contribution in [3.8, 4) is 0 Å². The van der Waals surface area contributed by atoms with Gasteiger partial charge in [-0.05, 0) is 51.4 Å². The van der Waals surface area contributed by atoms with Gasteiger partial charge < -0.3 is 4.90 Å². The second-order valence-corrected chi connectivity index (χ2v) is 6.85. The molecular formula is C20H26N4O. The Morgan fingerprint density at radius 2 is 2.04 bits per heavy atom. The Hall–Kier alpha value is -2.27. The first kappa shape index (κ1) is 17.5. The Kier molecular flexibility index (Phi) is 5.43. The number of carbonyl (C=O) groups excluding carboxylic acids is 1. The van der Waals surface area contributed by atoms with Crippen molar-refractivity contribution in [2.24, 2.45) is 0 Å². The van der Waals surface area contributed by atoms with Crippen LogP contribution in [0.4, 0.5) is 0 Å². The smallest absolute Gasteiger partial charge is 0.272 e. The minimum atomic E-state index is -0.0386. The van der Waals surface area contributed by atoms with E-state index in [0.717, 1.165) is 37.3 Å². The molecule has 1 atom stereocenters. The third kappa shape index (κ3) is 4.23. The van der Waals surface area contributed by atoms with Crippen LogP contribution in [0, 0.1) is 6.92 Å². The van der Waals surface area contributed by atoms with E-state index in [2.05, 4.69) is 34.0 Å². The molecule has 1 aliphatic heterocycles. The van der Waals surface area contributed by atoms with E-state index in [9.17, 15) is 4.79 Å². The maximum absolute atomic E-state index is 12.8. The first-order valence-corrected chi connectivity index (χ1v) is 8.90. The summed E-state index contributed by atoms with van der Waals surface area (Å²) in [7, 11) is 3.93. The van der Waals surface area contributed by atoms with Crippen molar-refractivity contribution in [1.82, 2.24) is 19.8 Å². The molecule has 0 N–H and O–H groups in total. The first-order valence-electron chi connectivity index (χ1n) is 8.90. The van der Waals surface area contributed by atoms with E-state index in [1.807, 2.05) is 32.2 Å². The molecule has 0 radical (unpaired) electrons. The van der Waals surface area contributed by atoms with Gasteiger partial charge in [0.1, 0.15) is 11.5 Å². The van der Waals surface area contributed by atoms with Crippen molar-refractivity contribution in [3.63, 3.8) is 0 Å². The van der Waals surface area contributed by atoms with Crippen LogP contribution in [0.1, 0.15) is 46.5 Å². The second-order valence-electron chi connectivity index (χ2n) is 6.85. The van der Waals surface area contributed by atoms with Crippen LogP contribution in [0.2, 0.25) is 0 Å². The minimum Gasteiger partial charge on any atom is -0.340 e. The molecule has 1 aliphatic rings. The monoisotopic (exact) mass is 338 g/mol. The number of amides is 1. The van der Waals surface area contributed by atoms with Crippen molar-refractivity contribution < 1.29 is 4.79 Å². The number of benzene rings is 1. The Morgan fingerprint density at radius 1 is 1.28 bits per heavy atom. The van der Waals surface area contributed by atoms with Crippen molar-refractivity contribution in [3.05, 3.63) is 59.2 Å². The summed E-state index contributed by atoms with van der Waals surface area (Å²) in [5.41, 5.74) is 2.58. The lowest BCUT2D eigenvalue weighted by molar-refractivity contribution is 0.0789. The van der Waals surface area contributed by atoms with Crippen LogP contribution in [0.5, 0.6) is 0 Å². The molecule has 0 spiro atoms. The molecule has 1 fully saturated rings. The van der Waals surface area contributed by atoms with Gasteiger partial charge in [-0.2, -0.15) is 0 Å². The van der Waals surface area contributed by atoms with Crippen LogP contribution >= 0.6 is 0 Å². The SMILES string of the molecule is Cc1cc(C(=O)N(C)CCc2ccccc2)nc(C2CCCN2C)n1. The number of carbonyl (C=O) groups is 1. The summed E-state index contributed by atoms with van der Waals surface area (Å²) >= 11 is 0. The molecule has 0 aliphatic carbocycles. The highest BCUT2D eigenvalue weighted by Crippen LogP contribution is 2.28. The van der Waals surface area contributed by atoms with Crippen molar-refractivity contribution in [1.29, 1.82) is 0 Å². The highest BCUT2D eigenvalue weighted by Gasteiger charge is 2.26. The molecule has 1 aromatic carbocycles. The zero-order valence-corrected chi connectivity index (χ0v) is 15.3. The fourth-order valence-corrected chi connectivity index (χ4v) is 3.33. The fraction of sp³-hybridized carbons (Fsp3) is 0.450. The third-order valence-electron chi connectivity index (χ3n) is 4.83. The van der Waals surface area contributed by atoms with E-state index >= 15 is 0 Å². The first-order chi connectivity index (χ1) is 12.0. The van der Waals surface area contributed by atoms with Crippen LogP contribution in [0.25, 0.3) is 0 Å². The van der Waals surface area contributed by atoms with E-state index < -0.39 is 0 Å². The van der Waals surface area contributed by atoms with E-state index in [4.69, 9.17) is 0 Å². The maximum Gasteiger partial charge on any atom is 0.272 e. The summed E-state index contributed by atoms with van der Waals surface area (Å²) in [5.74, 6) is 0.739. The summed E-state index contributed by atoms with van der Waals surface area (Å²) < 4.78 is 0. The number of likely N-dealkylation sites (N-methyl/N-ethyl adjacent to an activating group) is 1. The molecule has 3 rings (SSSR count). The molecule has 132 valence electrons. The number of aromatic nitrogens is 2. The number of rotatable bonds is 5. The third-order valence-corrected chi connectivity index (χ3v) is 4.83. The average molecular weight is 338 g/mol. The molecule has 2 aromatic rings. The van der Waals surface area contributed by atoms with Crippen molar-refractivity contribution in [2.75, 3.05) is 27.2 Å². The van der Waals surface area contributed by atoms with Crippen LogP contribution in [-0.2, 0) is 6.42 Å². The Bertz CT molecular complexity index is 732. The number of nitrogens with zero attached hydrogens (tertiary/aromatic N) is 4. The largest absolute Gasteiger partial charge is 0.340 e. The van der Waals surface area contributed by atoms with Gasteiger partial charge in [-0.25, -0.2) is 9.97 Å². The molecular weight excluding hydrogens is 312 g/mol. The normalized spacial score (nSPS) is 17.6. The Labute approximate surface area is 149 Å². The minimum absolute atomic E-state index is 0.0386. The lowest BCUT2D eigenvalue weighted by atomic mass is 10.1. The maximum atomic E-state index is 12.8. The average Bonchev–Trinajstić information content (AvgIpc) is 3.05. The van der Waals surface area contributed by atoms with Gasteiger partial charge in [0.05, 0.1) is 6.04 Å². The number of hydrogen-bond donors (Lipinski definition) is 0. The van der Waals surface area contributed by atoms with Crippen molar-refractivity contribution in [2.45, 2.75) is 32.2 Å². The highest BCUT2D eigenvalue weighted by molar-refractivity contribution is 5.92. The molecule has 0 saturated carbocycles. The topological polar surface area (TPSA) is 49.3 Å². The van der Waals surface area contributed by atoms with E-state index in [1.54, 1.807) is 11.0 Å². The fourth-order valence-electron chi connectivity index (χ4n) is 3.33. The molecule has 1 saturated heterocycles. The predicted octanol–water partition coefficient (Wildman–Crippen LogP) is 2.87. The summed E-state index contributed by atoms with van der Waals surface area (Å²) in [6, 6.07) is 12.2. The molecule has 1 aromatic heterocycles. The van der Waals surface area contributed by atoms with Crippen LogP contribution in [-0.4, -0.2) is 52.9 Å². The van der Waals surface area contributed by atoms with Gasteiger partial charge in [0.2, 0.25) is 0 Å². The Balaban J connectivity index is 1.71. The summed E-state index contributed by atoms with van der Waals surface area (Å²) in [5, 5.41) is 0. The van der Waals surface area contributed by atoms with Crippen LogP contribution < -0.4 is 0 Å². The van der Waals surface area contributed by atoms with E-state index in [1.165, 1.54) is 5.56 Å². The lowest BCUT2D eigenvalue weighted by Crippen LogP contribution is -2.30. The van der Waals surface area contributed by atoms with Gasteiger partial charge in [0, 0.05) is 19.3 Å². The van der Waals surface area contributed by atoms with Gasteiger partial charge in [-0.1, -0.05) is 30.3 Å². The molecule has 2 heterocycles. The van der Waals surface area contributed by atoms with Crippen LogP contribution in [0.3, 0.4) is 0 Å². The molecule has 5 nitrogen and oxygen atoms in total. The van der Waals surface area contributed by atoms with Gasteiger partial charge in [-0.3, -0.25) is 9.69 Å². The number of aryl methyl sites for hydroxylation is 1. The molecule has 1 unspecified atom stereocenters. The molecule has 1 amide bonds. The van der Waals surface area contributed by atoms with Gasteiger partial charge in [0.25, 0.3) is 5.91 Å². The number of likely N-dealkylation sites (tertiary alicyclic amines) is 1. The summed E-state index contributed by atoms with van der Waals surface area (Å²) in [4.78, 5) is 26.0. The zero-order valence-electron chi connectivity index (χ0n) is 15.3. The number of hydrogen-bond acceptors (Lipinski definition) is 4. The van der Waals surface area contributed by atoms with Gasteiger partial charge >= 0.3 is 0 Å². The van der Waals surface area contributed by atoms with E-state index in [0.29, 0.717) is 12.2 Å². The highest BCUT2D eigenvalue weighted by atomic mass is 16.2. The quantitative estimate of drug-likeness (QED) is 0.841. The molecule has 0 bridgehead atoms. The Morgan fingerprint density at radius 3 is 2.72 bits per heavy atom. The lowest BCUT2D eigenvalue weighted by Gasteiger charge is -2.20. The standard InChI is InChI=1S/C20H26N4O/c1-15-14-17(22-19(21-15)18-10-7-12-23(18)2)20(25)24(3)13-11-16-8-5-4-6-9-16/h4-6,8-9,14,18H,7,10-13H2,1-3H3. The summed E-state index contributed by atoms with van der Waals surface area (Å²) in [6.07, 6.45) is 3.04. The van der Waals surface area contributed by atoms with Gasteiger partial charge in [-0.15, -0.1) is 0 Å². The second kappa shape index (κ2) is 7.74. The molecule has 5 heteroatoms. The van der Waals surface area contributed by atoms with Crippen molar-refractivity contribution >= 4 is 5.91 Å². The summed E-state index contributed by atoms with van der Waals surface area (Å²) in [6.45, 7) is 3.66. The zero-order chi connectivity index (χ0) is 17.8. The van der Waals surface area contributed by atoms with E-state index in [-0.39, 0.29) is 11.9 Å². The van der Waals surface area contributed by atoms with Crippen LogP contribution in [0.15, 0.2) is 36.4 Å². The predicted molar refractivity (Wildman–Crippen MR) is 98.5 cm³/mol. The molecule has 25 heavy (non-hydrogen) atoms. The van der Waals surface area contributed by atoms with Gasteiger partial charge in [0.15, 0.2) is 0 Å².